The molecule has 0 unspecified atom stereocenters. The lowest BCUT2D eigenvalue weighted by atomic mass is 10.1. The zero-order chi connectivity index (χ0) is 19.2. The molecule has 7 nitrogen and oxygen atoms in total. The van der Waals surface area contributed by atoms with E-state index >= 15 is 0 Å². The van der Waals surface area contributed by atoms with E-state index in [9.17, 15) is 8.42 Å². The first-order valence-electron chi connectivity index (χ1n) is 7.87. The number of hydrogen-bond donors (Lipinski definition) is 1. The molecular weight excluding hydrogens is 358 g/mol. The van der Waals surface area contributed by atoms with Crippen molar-refractivity contribution in [2.75, 3.05) is 35.0 Å². The highest BCUT2D eigenvalue weighted by Gasteiger charge is 2.20. The van der Waals surface area contributed by atoms with Crippen LogP contribution < -0.4 is 23.7 Å². The van der Waals surface area contributed by atoms with Crippen LogP contribution in [0.5, 0.6) is 23.0 Å². The Labute approximate surface area is 153 Å². The average molecular weight is 381 g/mol. The van der Waals surface area contributed by atoms with Gasteiger partial charge in [-0.3, -0.25) is 0 Å². The molecule has 0 atom stereocenters. The number of benzene rings is 2. The lowest BCUT2D eigenvalue weighted by Gasteiger charge is -2.13. The zero-order valence-corrected chi connectivity index (χ0v) is 16.1. The van der Waals surface area contributed by atoms with Gasteiger partial charge in [0.2, 0.25) is 10.0 Å². The fourth-order valence-corrected chi connectivity index (χ4v) is 3.65. The molecule has 1 N–H and O–H groups in total. The van der Waals surface area contributed by atoms with Gasteiger partial charge in [-0.1, -0.05) is 6.07 Å². The molecule has 0 aliphatic heterocycles. The third-order valence-corrected chi connectivity index (χ3v) is 5.30. The maximum atomic E-state index is 12.6. The summed E-state index contributed by atoms with van der Waals surface area (Å²) in [5, 5.41) is 0. The van der Waals surface area contributed by atoms with Crippen molar-refractivity contribution in [1.82, 2.24) is 4.72 Å². The number of rotatable bonds is 9. The van der Waals surface area contributed by atoms with E-state index in [2.05, 4.69) is 4.72 Å². The number of nitrogens with one attached hydrogen (secondary N) is 1. The van der Waals surface area contributed by atoms with Crippen LogP contribution in [-0.4, -0.2) is 43.4 Å². The topological polar surface area (TPSA) is 83.1 Å². The standard InChI is InChI=1S/C18H23NO6S/c1-22-14-6-8-16(24-3)18(12-14)26(20,21)19-10-9-13-5-7-15(23-2)17(11-13)25-4/h5-8,11-12,19H,9-10H2,1-4H3. The van der Waals surface area contributed by atoms with Crippen LogP contribution in [0.4, 0.5) is 0 Å². The van der Waals surface area contributed by atoms with Gasteiger partial charge in [0.1, 0.15) is 16.4 Å². The van der Waals surface area contributed by atoms with Crippen molar-refractivity contribution in [1.29, 1.82) is 0 Å². The molecule has 0 saturated heterocycles. The molecule has 0 bridgehead atoms. The Morgan fingerprint density at radius 1 is 0.808 bits per heavy atom. The van der Waals surface area contributed by atoms with Crippen molar-refractivity contribution in [3.05, 3.63) is 42.0 Å². The van der Waals surface area contributed by atoms with Gasteiger partial charge in [0.05, 0.1) is 28.4 Å². The fourth-order valence-electron chi connectivity index (χ4n) is 2.44. The summed E-state index contributed by atoms with van der Waals surface area (Å²) >= 11 is 0. The van der Waals surface area contributed by atoms with Gasteiger partial charge in [0, 0.05) is 12.6 Å². The smallest absolute Gasteiger partial charge is 0.244 e. The molecule has 0 radical (unpaired) electrons. The monoisotopic (exact) mass is 381 g/mol. The summed E-state index contributed by atoms with van der Waals surface area (Å²) in [5.41, 5.74) is 0.919. The molecule has 0 spiro atoms. The second kappa shape index (κ2) is 8.77. The van der Waals surface area contributed by atoms with Gasteiger partial charge in [0.25, 0.3) is 0 Å². The number of sulfonamides is 1. The first kappa shape index (κ1) is 19.9. The highest BCUT2D eigenvalue weighted by atomic mass is 32.2. The summed E-state index contributed by atoms with van der Waals surface area (Å²) in [6.45, 7) is 0.220. The van der Waals surface area contributed by atoms with Crippen LogP contribution in [0.3, 0.4) is 0 Å². The van der Waals surface area contributed by atoms with Crippen LogP contribution in [0.25, 0.3) is 0 Å². The molecule has 0 saturated carbocycles. The Bertz CT molecular complexity index is 851. The number of methoxy groups -OCH3 is 4. The highest BCUT2D eigenvalue weighted by molar-refractivity contribution is 7.89. The van der Waals surface area contributed by atoms with Crippen LogP contribution in [0.15, 0.2) is 41.3 Å². The highest BCUT2D eigenvalue weighted by Crippen LogP contribution is 2.29. The van der Waals surface area contributed by atoms with Gasteiger partial charge < -0.3 is 18.9 Å². The second-order valence-corrected chi connectivity index (χ2v) is 7.09. The van der Waals surface area contributed by atoms with Crippen molar-refractivity contribution < 1.29 is 27.4 Å². The predicted octanol–water partition coefficient (Wildman–Crippen LogP) is 2.24. The molecule has 0 aliphatic carbocycles. The first-order chi connectivity index (χ1) is 12.4. The van der Waals surface area contributed by atoms with Crippen molar-refractivity contribution in [2.24, 2.45) is 0 Å². The van der Waals surface area contributed by atoms with Crippen molar-refractivity contribution >= 4 is 10.0 Å². The molecule has 0 amide bonds. The SMILES string of the molecule is COc1ccc(OC)c(S(=O)(=O)NCCc2ccc(OC)c(OC)c2)c1. The molecule has 142 valence electrons. The molecule has 0 aliphatic rings. The van der Waals surface area contributed by atoms with Crippen LogP contribution in [0.1, 0.15) is 5.56 Å². The summed E-state index contributed by atoms with van der Waals surface area (Å²) in [5.74, 6) is 1.91. The van der Waals surface area contributed by atoms with E-state index in [-0.39, 0.29) is 17.2 Å². The van der Waals surface area contributed by atoms with Crippen LogP contribution in [0, 0.1) is 0 Å². The predicted molar refractivity (Wildman–Crippen MR) is 98.0 cm³/mol. The van der Waals surface area contributed by atoms with Gasteiger partial charge >= 0.3 is 0 Å². The third-order valence-electron chi connectivity index (χ3n) is 3.81. The van der Waals surface area contributed by atoms with E-state index in [4.69, 9.17) is 18.9 Å². The molecule has 0 fully saturated rings. The molecule has 2 aromatic rings. The molecule has 26 heavy (non-hydrogen) atoms. The first-order valence-corrected chi connectivity index (χ1v) is 9.36. The summed E-state index contributed by atoms with van der Waals surface area (Å²) in [6.07, 6.45) is 0.492. The number of hydrogen-bond acceptors (Lipinski definition) is 6. The molecular formula is C18H23NO6S. The maximum Gasteiger partial charge on any atom is 0.244 e. The molecule has 2 rings (SSSR count). The van der Waals surface area contributed by atoms with Gasteiger partial charge in [-0.2, -0.15) is 0 Å². The van der Waals surface area contributed by atoms with E-state index in [0.29, 0.717) is 23.7 Å². The largest absolute Gasteiger partial charge is 0.497 e. The van der Waals surface area contributed by atoms with E-state index in [0.717, 1.165) is 5.56 Å². The van der Waals surface area contributed by atoms with Crippen LogP contribution >= 0.6 is 0 Å². The Morgan fingerprint density at radius 3 is 2.08 bits per heavy atom. The number of ether oxygens (including phenoxy) is 4. The molecule has 0 heterocycles. The van der Waals surface area contributed by atoms with Gasteiger partial charge in [-0.15, -0.1) is 0 Å². The van der Waals surface area contributed by atoms with Crippen LogP contribution in [-0.2, 0) is 16.4 Å². The van der Waals surface area contributed by atoms with E-state index in [1.165, 1.54) is 20.3 Å². The van der Waals surface area contributed by atoms with Crippen molar-refractivity contribution in [3.8, 4) is 23.0 Å². The second-order valence-electron chi connectivity index (χ2n) is 5.35. The molecule has 2 aromatic carbocycles. The van der Waals surface area contributed by atoms with E-state index in [1.54, 1.807) is 32.4 Å². The lowest BCUT2D eigenvalue weighted by molar-refractivity contribution is 0.354. The average Bonchev–Trinajstić information content (AvgIpc) is 2.67. The van der Waals surface area contributed by atoms with E-state index in [1.807, 2.05) is 12.1 Å². The minimum absolute atomic E-state index is 0.0339. The Hall–Kier alpha value is -2.45. The molecule has 0 aromatic heterocycles. The zero-order valence-electron chi connectivity index (χ0n) is 15.2. The van der Waals surface area contributed by atoms with Crippen LogP contribution in [0.2, 0.25) is 0 Å². The maximum absolute atomic E-state index is 12.6. The Morgan fingerprint density at radius 2 is 1.46 bits per heavy atom. The Kier molecular flexibility index (Phi) is 6.70. The van der Waals surface area contributed by atoms with Gasteiger partial charge in [-0.25, -0.2) is 13.1 Å². The normalized spacial score (nSPS) is 11.1. The molecule has 8 heteroatoms. The summed E-state index contributed by atoms with van der Waals surface area (Å²) in [6, 6.07) is 10.1. The third kappa shape index (κ3) is 4.59. The van der Waals surface area contributed by atoms with Crippen molar-refractivity contribution in [2.45, 2.75) is 11.3 Å². The van der Waals surface area contributed by atoms with Gasteiger partial charge in [-0.05, 0) is 36.2 Å². The van der Waals surface area contributed by atoms with Crippen molar-refractivity contribution in [3.63, 3.8) is 0 Å². The lowest BCUT2D eigenvalue weighted by Crippen LogP contribution is -2.26. The fraction of sp³-hybridized carbons (Fsp3) is 0.333. The summed E-state index contributed by atoms with van der Waals surface area (Å²) in [7, 11) is 2.27. The summed E-state index contributed by atoms with van der Waals surface area (Å²) in [4.78, 5) is 0.0339. The summed E-state index contributed by atoms with van der Waals surface area (Å²) < 4.78 is 48.5. The Balaban J connectivity index is 2.12. The van der Waals surface area contributed by atoms with E-state index < -0.39 is 10.0 Å². The van der Waals surface area contributed by atoms with Gasteiger partial charge in [0.15, 0.2) is 11.5 Å². The minimum Gasteiger partial charge on any atom is -0.497 e. The minimum atomic E-state index is -3.75. The quantitative estimate of drug-likeness (QED) is 0.717.